The minimum absolute atomic E-state index is 0.496. The predicted molar refractivity (Wildman–Crippen MR) is 86.2 cm³/mol. The molecule has 0 saturated heterocycles. The van der Waals surface area contributed by atoms with Crippen molar-refractivity contribution in [3.63, 3.8) is 0 Å². The number of rotatable bonds is 4. The number of amides is 3. The third kappa shape index (κ3) is 3.11. The third-order valence-electron chi connectivity index (χ3n) is 3.62. The summed E-state index contributed by atoms with van der Waals surface area (Å²) in [5, 5.41) is 2.68. The van der Waals surface area contributed by atoms with Crippen molar-refractivity contribution in [3.8, 4) is 11.5 Å². The van der Waals surface area contributed by atoms with E-state index in [0.717, 1.165) is 22.6 Å². The molecule has 1 aliphatic heterocycles. The molecule has 0 radical (unpaired) electrons. The molecule has 23 heavy (non-hydrogen) atoms. The Bertz CT molecular complexity index is 728. The molecule has 2 aromatic rings. The average molecular weight is 312 g/mol. The van der Waals surface area contributed by atoms with E-state index >= 15 is 0 Å². The monoisotopic (exact) mass is 312 g/mol. The summed E-state index contributed by atoms with van der Waals surface area (Å²) < 4.78 is 10.5. The number of nitrogens with one attached hydrogen (secondary N) is 1. The Kier molecular flexibility index (Phi) is 4.14. The number of carbonyl (C=O) groups is 2. The van der Waals surface area contributed by atoms with Crippen molar-refractivity contribution in [2.45, 2.75) is 6.42 Å². The number of benzene rings is 2. The van der Waals surface area contributed by atoms with Crippen LogP contribution in [0.3, 0.4) is 0 Å². The van der Waals surface area contributed by atoms with Gasteiger partial charge >= 0.3 is 6.03 Å². The molecule has 0 atom stereocenters. The van der Waals surface area contributed by atoms with Gasteiger partial charge in [-0.1, -0.05) is 0 Å². The van der Waals surface area contributed by atoms with Gasteiger partial charge in [0.15, 0.2) is 0 Å². The average Bonchev–Trinajstić information content (AvgIpc) is 3.04. The molecule has 0 spiro atoms. The second-order valence-electron chi connectivity index (χ2n) is 5.02. The van der Waals surface area contributed by atoms with Gasteiger partial charge in [0.25, 0.3) is 0 Å². The van der Waals surface area contributed by atoms with Crippen LogP contribution in [0.4, 0.5) is 16.2 Å². The highest BCUT2D eigenvalue weighted by Gasteiger charge is 2.19. The summed E-state index contributed by atoms with van der Waals surface area (Å²) in [6.07, 6.45) is 1.27. The molecule has 1 N–H and O–H groups in total. The summed E-state index contributed by atoms with van der Waals surface area (Å²) >= 11 is 0. The number of carbonyl (C=O) groups excluding carboxylic acids is 2. The summed E-state index contributed by atoms with van der Waals surface area (Å²) in [5.41, 5.74) is 2.08. The molecule has 0 aliphatic carbocycles. The third-order valence-corrected chi connectivity index (χ3v) is 3.62. The summed E-state index contributed by atoms with van der Waals surface area (Å²) in [6, 6.07) is 11.6. The summed E-state index contributed by atoms with van der Waals surface area (Å²) in [4.78, 5) is 24.7. The van der Waals surface area contributed by atoms with Crippen LogP contribution in [0.1, 0.15) is 5.56 Å². The van der Waals surface area contributed by atoms with E-state index in [1.807, 2.05) is 0 Å². The van der Waals surface area contributed by atoms with Gasteiger partial charge < -0.3 is 14.8 Å². The number of hydrogen-bond donors (Lipinski definition) is 1. The maximum Gasteiger partial charge on any atom is 0.332 e. The molecule has 118 valence electrons. The first kappa shape index (κ1) is 14.9. The number of fused-ring (bicyclic) bond motifs is 1. The normalized spacial score (nSPS) is 12.0. The van der Waals surface area contributed by atoms with E-state index < -0.39 is 6.03 Å². The summed E-state index contributed by atoms with van der Waals surface area (Å²) in [7, 11) is 1.57. The number of ether oxygens (including phenoxy) is 2. The lowest BCUT2D eigenvalue weighted by Gasteiger charge is -2.17. The topological polar surface area (TPSA) is 67.9 Å². The fourth-order valence-electron chi connectivity index (χ4n) is 2.41. The number of anilines is 2. The van der Waals surface area contributed by atoms with Gasteiger partial charge in [0.2, 0.25) is 6.41 Å². The predicted octanol–water partition coefficient (Wildman–Crippen LogP) is 2.83. The second kappa shape index (κ2) is 6.39. The Labute approximate surface area is 133 Å². The summed E-state index contributed by atoms with van der Waals surface area (Å²) in [5.74, 6) is 1.49. The zero-order valence-electron chi connectivity index (χ0n) is 12.6. The van der Waals surface area contributed by atoms with Crippen LogP contribution in [0, 0.1) is 0 Å². The highest BCUT2D eigenvalue weighted by molar-refractivity contribution is 6.12. The molecule has 0 unspecified atom stereocenters. The second-order valence-corrected chi connectivity index (χ2v) is 5.02. The van der Waals surface area contributed by atoms with Crippen molar-refractivity contribution in [3.05, 3.63) is 48.0 Å². The minimum Gasteiger partial charge on any atom is -0.497 e. The fourth-order valence-corrected chi connectivity index (χ4v) is 2.41. The molecule has 6 nitrogen and oxygen atoms in total. The van der Waals surface area contributed by atoms with Gasteiger partial charge in [-0.3, -0.25) is 4.79 Å². The molecule has 3 rings (SSSR count). The molecule has 0 saturated carbocycles. The van der Waals surface area contributed by atoms with Gasteiger partial charge in [-0.2, -0.15) is 0 Å². The van der Waals surface area contributed by atoms with Gasteiger partial charge in [-0.25, -0.2) is 9.69 Å². The SMILES string of the molecule is COc1ccc(NC(=O)N(C=O)c2ccc3c(c2)CCO3)cc1. The Morgan fingerprint density at radius 1 is 1.26 bits per heavy atom. The molecule has 6 heteroatoms. The molecular weight excluding hydrogens is 296 g/mol. The molecular formula is C17H16N2O4. The Balaban J connectivity index is 1.77. The fraction of sp³-hybridized carbons (Fsp3) is 0.176. The van der Waals surface area contributed by atoms with Crippen molar-refractivity contribution in [1.29, 1.82) is 0 Å². The number of imide groups is 1. The molecule has 1 heterocycles. The van der Waals surface area contributed by atoms with Crippen LogP contribution in [-0.2, 0) is 11.2 Å². The zero-order valence-corrected chi connectivity index (χ0v) is 12.6. The maximum absolute atomic E-state index is 12.3. The lowest BCUT2D eigenvalue weighted by Crippen LogP contribution is -2.33. The van der Waals surface area contributed by atoms with Crippen LogP contribution in [0.5, 0.6) is 11.5 Å². The Morgan fingerprint density at radius 3 is 2.74 bits per heavy atom. The van der Waals surface area contributed by atoms with E-state index in [2.05, 4.69) is 5.32 Å². The maximum atomic E-state index is 12.3. The number of methoxy groups -OCH3 is 1. The van der Waals surface area contributed by atoms with E-state index in [9.17, 15) is 9.59 Å². The lowest BCUT2D eigenvalue weighted by atomic mass is 10.1. The first-order valence-corrected chi connectivity index (χ1v) is 7.16. The molecule has 0 fully saturated rings. The quantitative estimate of drug-likeness (QED) is 0.882. The van der Waals surface area contributed by atoms with Crippen LogP contribution in [-0.4, -0.2) is 26.2 Å². The van der Waals surface area contributed by atoms with Crippen LogP contribution in [0.2, 0.25) is 0 Å². The number of nitrogens with zero attached hydrogens (tertiary/aromatic N) is 1. The Hall–Kier alpha value is -3.02. The van der Waals surface area contributed by atoms with Gasteiger partial charge in [-0.05, 0) is 48.0 Å². The van der Waals surface area contributed by atoms with Crippen molar-refractivity contribution in [2.75, 3.05) is 23.9 Å². The zero-order chi connectivity index (χ0) is 16.2. The van der Waals surface area contributed by atoms with Crippen LogP contribution < -0.4 is 19.7 Å². The molecule has 3 amide bonds. The molecule has 2 aromatic carbocycles. The first-order chi connectivity index (χ1) is 11.2. The van der Waals surface area contributed by atoms with E-state index in [-0.39, 0.29) is 0 Å². The number of hydrogen-bond acceptors (Lipinski definition) is 4. The van der Waals surface area contributed by atoms with E-state index in [4.69, 9.17) is 9.47 Å². The summed E-state index contributed by atoms with van der Waals surface area (Å²) in [6.45, 7) is 0.623. The highest BCUT2D eigenvalue weighted by atomic mass is 16.5. The van der Waals surface area contributed by atoms with E-state index in [0.29, 0.717) is 30.1 Å². The molecule has 0 bridgehead atoms. The van der Waals surface area contributed by atoms with E-state index in [1.165, 1.54) is 0 Å². The molecule has 1 aliphatic rings. The Morgan fingerprint density at radius 2 is 2.04 bits per heavy atom. The standard InChI is InChI=1S/C17H16N2O4/c1-22-15-5-2-13(3-6-15)18-17(21)19(11-20)14-4-7-16-12(10-14)8-9-23-16/h2-7,10-11H,8-9H2,1H3,(H,18,21). The number of urea groups is 1. The van der Waals surface area contributed by atoms with Crippen molar-refractivity contribution >= 4 is 23.8 Å². The van der Waals surface area contributed by atoms with Crippen molar-refractivity contribution in [2.24, 2.45) is 0 Å². The lowest BCUT2D eigenvalue weighted by molar-refractivity contribution is -0.106. The molecule has 0 aromatic heterocycles. The largest absolute Gasteiger partial charge is 0.497 e. The van der Waals surface area contributed by atoms with Gasteiger partial charge in [-0.15, -0.1) is 0 Å². The minimum atomic E-state index is -0.524. The van der Waals surface area contributed by atoms with Crippen LogP contribution in [0.25, 0.3) is 0 Å². The van der Waals surface area contributed by atoms with Gasteiger partial charge in [0, 0.05) is 12.1 Å². The van der Waals surface area contributed by atoms with E-state index in [1.54, 1.807) is 49.6 Å². The van der Waals surface area contributed by atoms with Gasteiger partial charge in [0.1, 0.15) is 11.5 Å². The highest BCUT2D eigenvalue weighted by Crippen LogP contribution is 2.29. The van der Waals surface area contributed by atoms with Crippen LogP contribution >= 0.6 is 0 Å². The van der Waals surface area contributed by atoms with Crippen molar-refractivity contribution < 1.29 is 19.1 Å². The van der Waals surface area contributed by atoms with Crippen molar-refractivity contribution in [1.82, 2.24) is 0 Å². The smallest absolute Gasteiger partial charge is 0.332 e. The first-order valence-electron chi connectivity index (χ1n) is 7.16. The van der Waals surface area contributed by atoms with Crippen LogP contribution in [0.15, 0.2) is 42.5 Å². The van der Waals surface area contributed by atoms with Gasteiger partial charge in [0.05, 0.1) is 19.4 Å².